The Morgan fingerprint density at radius 1 is 1.33 bits per heavy atom. The number of fused-ring (bicyclic) bond motifs is 1. The number of nitrogens with one attached hydrogen (secondary N) is 2. The van der Waals surface area contributed by atoms with Crippen LogP contribution < -0.4 is 5.32 Å². The molecule has 1 aromatic carbocycles. The number of aliphatic hydroxyl groups is 4. The summed E-state index contributed by atoms with van der Waals surface area (Å²) in [6, 6.07) is 6.70. The molecule has 5 atom stereocenters. The van der Waals surface area contributed by atoms with Gasteiger partial charge in [0, 0.05) is 17.1 Å². The lowest BCUT2D eigenvalue weighted by atomic mass is 10.0. The lowest BCUT2D eigenvalue weighted by Gasteiger charge is -2.28. The van der Waals surface area contributed by atoms with Crippen molar-refractivity contribution in [3.05, 3.63) is 36.0 Å². The number of carbonyl (C=O) groups is 1. The molecule has 0 saturated carbocycles. The van der Waals surface area contributed by atoms with Gasteiger partial charge in [-0.1, -0.05) is 18.2 Å². The van der Waals surface area contributed by atoms with Gasteiger partial charge in [0.1, 0.15) is 24.4 Å². The van der Waals surface area contributed by atoms with Gasteiger partial charge in [0.25, 0.3) is 0 Å². The maximum atomic E-state index is 11.6. The number of para-hydroxylation sites is 1. The zero-order chi connectivity index (χ0) is 19.6. The van der Waals surface area contributed by atoms with Crippen LogP contribution in [0.15, 0.2) is 30.5 Å². The number of ether oxygens (including phenoxy) is 1. The van der Waals surface area contributed by atoms with E-state index in [0.717, 1.165) is 16.5 Å². The molecule has 9 heteroatoms. The topological polar surface area (TPSA) is 155 Å². The molecule has 1 unspecified atom stereocenters. The van der Waals surface area contributed by atoms with Crippen molar-refractivity contribution in [2.45, 2.75) is 43.0 Å². The van der Waals surface area contributed by atoms with Gasteiger partial charge in [-0.15, -0.1) is 0 Å². The average Bonchev–Trinajstić information content (AvgIpc) is 3.16. The lowest BCUT2D eigenvalue weighted by molar-refractivity contribution is -0.227. The molecule has 1 aliphatic rings. The van der Waals surface area contributed by atoms with E-state index in [2.05, 4.69) is 10.3 Å². The zero-order valence-electron chi connectivity index (χ0n) is 14.6. The van der Waals surface area contributed by atoms with E-state index in [4.69, 9.17) is 9.84 Å². The van der Waals surface area contributed by atoms with Gasteiger partial charge in [-0.05, 0) is 24.5 Å². The summed E-state index contributed by atoms with van der Waals surface area (Å²) in [5.74, 6) is -3.29. The summed E-state index contributed by atoms with van der Waals surface area (Å²) in [4.78, 5) is 14.7. The van der Waals surface area contributed by atoms with E-state index in [9.17, 15) is 25.2 Å². The second kappa shape index (κ2) is 7.93. The molecule has 1 saturated heterocycles. The Kier molecular flexibility index (Phi) is 5.80. The molecule has 0 amide bonds. The van der Waals surface area contributed by atoms with Gasteiger partial charge in [0.05, 0.1) is 13.2 Å². The highest BCUT2D eigenvalue weighted by Crippen LogP contribution is 2.29. The summed E-state index contributed by atoms with van der Waals surface area (Å²) in [7, 11) is 0. The van der Waals surface area contributed by atoms with Crippen LogP contribution in [0.25, 0.3) is 10.9 Å². The van der Waals surface area contributed by atoms with Gasteiger partial charge in [0.2, 0.25) is 5.79 Å². The van der Waals surface area contributed by atoms with E-state index in [1.807, 2.05) is 30.5 Å². The van der Waals surface area contributed by atoms with Crippen molar-refractivity contribution in [1.82, 2.24) is 10.3 Å². The van der Waals surface area contributed by atoms with Crippen LogP contribution in [0.1, 0.15) is 12.0 Å². The van der Waals surface area contributed by atoms with E-state index < -0.39 is 49.3 Å². The highest BCUT2D eigenvalue weighted by Gasteiger charge is 2.53. The predicted molar refractivity (Wildman–Crippen MR) is 95.0 cm³/mol. The summed E-state index contributed by atoms with van der Waals surface area (Å²) in [6.07, 6.45) is -1.70. The first-order valence-electron chi connectivity index (χ1n) is 8.74. The summed E-state index contributed by atoms with van der Waals surface area (Å²) in [5, 5.41) is 52.3. The summed E-state index contributed by atoms with van der Waals surface area (Å²) < 4.78 is 5.11. The van der Waals surface area contributed by atoms with Crippen molar-refractivity contribution >= 4 is 16.9 Å². The number of benzene rings is 1. The van der Waals surface area contributed by atoms with Crippen molar-refractivity contribution in [2.75, 3.05) is 13.2 Å². The summed E-state index contributed by atoms with van der Waals surface area (Å²) >= 11 is 0. The number of hydrogen-bond acceptors (Lipinski definition) is 7. The Morgan fingerprint density at radius 3 is 2.74 bits per heavy atom. The molecular weight excluding hydrogens is 356 g/mol. The Hall–Kier alpha value is -2.01. The maximum absolute atomic E-state index is 11.6. The standard InChI is InChI=1S/C18H24N2O7/c21-8-14-15(22)16(23)18(26,27-14)9-20-13(17(24)25)6-5-10-7-19-12-4-2-1-3-11(10)12/h1-4,7,13-16,19-23,26H,5-6,8-9H2,(H,24,25)/t13-,14+,15+,16-,18?/m0/s1. The minimum Gasteiger partial charge on any atom is -0.480 e. The molecule has 1 fully saturated rings. The number of aliphatic hydroxyl groups excluding tert-OH is 3. The van der Waals surface area contributed by atoms with Gasteiger partial charge in [0.15, 0.2) is 0 Å². The molecular formula is C18H24N2O7. The van der Waals surface area contributed by atoms with Crippen molar-refractivity contribution in [3.63, 3.8) is 0 Å². The molecule has 0 aliphatic carbocycles. The normalized spacial score (nSPS) is 29.3. The van der Waals surface area contributed by atoms with Crippen LogP contribution in [0.2, 0.25) is 0 Å². The molecule has 1 aliphatic heterocycles. The first-order chi connectivity index (χ1) is 12.9. The van der Waals surface area contributed by atoms with Gasteiger partial charge in [-0.25, -0.2) is 0 Å². The fraction of sp³-hybridized carbons (Fsp3) is 0.500. The number of rotatable bonds is 8. The average molecular weight is 380 g/mol. The van der Waals surface area contributed by atoms with E-state index in [1.165, 1.54) is 0 Å². The first-order valence-corrected chi connectivity index (χ1v) is 8.74. The van der Waals surface area contributed by atoms with Gasteiger partial charge in [-0.3, -0.25) is 10.1 Å². The molecule has 3 rings (SSSR count). The van der Waals surface area contributed by atoms with Crippen LogP contribution >= 0.6 is 0 Å². The number of aromatic nitrogens is 1. The predicted octanol–water partition coefficient (Wildman–Crippen LogP) is -1.06. The Bertz CT molecular complexity index is 795. The zero-order valence-corrected chi connectivity index (χ0v) is 14.6. The molecule has 9 nitrogen and oxygen atoms in total. The number of carboxylic acid groups (broad SMARTS) is 1. The quantitative estimate of drug-likeness (QED) is 0.306. The highest BCUT2D eigenvalue weighted by atomic mass is 16.7. The monoisotopic (exact) mass is 380 g/mol. The molecule has 27 heavy (non-hydrogen) atoms. The minimum atomic E-state index is -2.18. The third kappa shape index (κ3) is 3.98. The number of hydrogen-bond donors (Lipinski definition) is 7. The third-order valence-electron chi connectivity index (χ3n) is 4.98. The third-order valence-corrected chi connectivity index (χ3v) is 4.98. The lowest BCUT2D eigenvalue weighted by Crippen LogP contribution is -2.53. The van der Waals surface area contributed by atoms with Crippen molar-refractivity contribution in [2.24, 2.45) is 0 Å². The largest absolute Gasteiger partial charge is 0.480 e. The van der Waals surface area contributed by atoms with Crippen molar-refractivity contribution in [3.8, 4) is 0 Å². The second-order valence-electron chi connectivity index (χ2n) is 6.79. The molecule has 7 N–H and O–H groups in total. The molecule has 2 heterocycles. The fourth-order valence-electron chi connectivity index (χ4n) is 3.38. The second-order valence-corrected chi connectivity index (χ2v) is 6.79. The summed E-state index contributed by atoms with van der Waals surface area (Å²) in [6.45, 7) is -0.990. The van der Waals surface area contributed by atoms with E-state index in [0.29, 0.717) is 6.42 Å². The number of aliphatic carboxylic acids is 1. The molecule has 0 bridgehead atoms. The summed E-state index contributed by atoms with van der Waals surface area (Å²) in [5.41, 5.74) is 1.94. The smallest absolute Gasteiger partial charge is 0.320 e. The van der Waals surface area contributed by atoms with E-state index in [-0.39, 0.29) is 6.42 Å². The van der Waals surface area contributed by atoms with Crippen LogP contribution in [-0.4, -0.2) is 79.8 Å². The number of H-pyrrole nitrogens is 1. The van der Waals surface area contributed by atoms with E-state index >= 15 is 0 Å². The van der Waals surface area contributed by atoms with Crippen molar-refractivity contribution in [1.29, 1.82) is 0 Å². The maximum Gasteiger partial charge on any atom is 0.320 e. The van der Waals surface area contributed by atoms with E-state index in [1.54, 1.807) is 0 Å². The number of aromatic amines is 1. The Balaban J connectivity index is 1.62. The van der Waals surface area contributed by atoms with Crippen LogP contribution in [0.3, 0.4) is 0 Å². The van der Waals surface area contributed by atoms with Crippen LogP contribution in [-0.2, 0) is 16.0 Å². The molecule has 2 aromatic rings. The highest BCUT2D eigenvalue weighted by molar-refractivity contribution is 5.83. The Morgan fingerprint density at radius 2 is 2.07 bits per heavy atom. The number of aryl methyl sites for hydroxylation is 1. The van der Waals surface area contributed by atoms with Crippen LogP contribution in [0.4, 0.5) is 0 Å². The first kappa shape index (κ1) is 19.7. The van der Waals surface area contributed by atoms with Crippen LogP contribution in [0.5, 0.6) is 0 Å². The molecule has 1 aromatic heterocycles. The van der Waals surface area contributed by atoms with Gasteiger partial charge < -0.3 is 35.3 Å². The van der Waals surface area contributed by atoms with Gasteiger partial charge >= 0.3 is 5.97 Å². The molecule has 0 spiro atoms. The fourth-order valence-corrected chi connectivity index (χ4v) is 3.38. The Labute approximate surface area is 155 Å². The van der Waals surface area contributed by atoms with Crippen LogP contribution in [0, 0.1) is 0 Å². The van der Waals surface area contributed by atoms with Gasteiger partial charge in [-0.2, -0.15) is 0 Å². The molecule has 148 valence electrons. The SMILES string of the molecule is O=C(O)[C@H](CCc1c[nH]c2ccccc12)NCC1(O)O[C@H](CO)[C@@H](O)[C@@H]1O. The number of carboxylic acids is 1. The van der Waals surface area contributed by atoms with Crippen molar-refractivity contribution < 1.29 is 35.1 Å². The minimum absolute atomic E-state index is 0.245. The molecule has 0 radical (unpaired) electrons.